The zero-order valence-electron chi connectivity index (χ0n) is 15.9. The highest BCUT2D eigenvalue weighted by atomic mass is 16.3. The number of carbonyl (C=O) groups excluding carboxylic acids is 2. The van der Waals surface area contributed by atoms with E-state index < -0.39 is 0 Å². The second-order valence-electron chi connectivity index (χ2n) is 7.68. The minimum Gasteiger partial charge on any atom is -0.508 e. The number of carbonyl (C=O) groups is 2. The number of rotatable bonds is 3. The SMILES string of the molecule is Cc1nc(N2CCC(C(N)=O)CC2)nc2c1C(=O)C[C@H](c1ccccc1O)C2. The molecule has 2 heterocycles. The van der Waals surface area contributed by atoms with Crippen LogP contribution in [0.3, 0.4) is 0 Å². The van der Waals surface area contributed by atoms with Crippen LogP contribution in [0.25, 0.3) is 0 Å². The maximum absolute atomic E-state index is 12.8. The number of Topliss-reactive ketones (excluding diaryl/α,β-unsaturated/α-hetero) is 1. The summed E-state index contributed by atoms with van der Waals surface area (Å²) in [4.78, 5) is 35.5. The third-order valence-electron chi connectivity index (χ3n) is 5.86. The summed E-state index contributed by atoms with van der Waals surface area (Å²) in [6.45, 7) is 3.18. The molecule has 0 bridgehead atoms. The number of nitrogens with two attached hydrogens (primary N) is 1. The molecule has 1 aliphatic carbocycles. The number of aromatic nitrogens is 2. The molecular formula is C21H24N4O3. The Morgan fingerprint density at radius 2 is 1.89 bits per heavy atom. The van der Waals surface area contributed by atoms with Gasteiger partial charge < -0.3 is 15.7 Å². The molecule has 1 saturated heterocycles. The van der Waals surface area contributed by atoms with Crippen molar-refractivity contribution < 1.29 is 14.7 Å². The molecule has 28 heavy (non-hydrogen) atoms. The number of aryl methyl sites for hydroxylation is 1. The van der Waals surface area contributed by atoms with E-state index in [2.05, 4.69) is 9.88 Å². The minimum absolute atomic E-state index is 0.0194. The van der Waals surface area contributed by atoms with E-state index in [1.165, 1.54) is 0 Å². The summed E-state index contributed by atoms with van der Waals surface area (Å²) < 4.78 is 0. The predicted octanol–water partition coefficient (Wildman–Crippen LogP) is 2.11. The first kappa shape index (κ1) is 18.4. The molecule has 4 rings (SSSR count). The maximum atomic E-state index is 12.8. The Balaban J connectivity index is 1.62. The van der Waals surface area contributed by atoms with Crippen LogP contribution in [0.15, 0.2) is 24.3 Å². The lowest BCUT2D eigenvalue weighted by molar-refractivity contribution is -0.122. The smallest absolute Gasteiger partial charge is 0.225 e. The van der Waals surface area contributed by atoms with E-state index >= 15 is 0 Å². The third kappa shape index (κ3) is 3.32. The first-order valence-corrected chi connectivity index (χ1v) is 9.67. The van der Waals surface area contributed by atoms with Gasteiger partial charge in [0.25, 0.3) is 0 Å². The Labute approximate surface area is 163 Å². The number of anilines is 1. The number of para-hydroxylation sites is 1. The van der Waals surface area contributed by atoms with Gasteiger partial charge in [0.1, 0.15) is 5.75 Å². The summed E-state index contributed by atoms with van der Waals surface area (Å²) in [6, 6.07) is 7.16. The standard InChI is InChI=1S/C21H24N4O3/c1-12-19-16(10-14(11-18(19)27)15-4-2-3-5-17(15)26)24-21(23-12)25-8-6-13(7-9-25)20(22)28/h2-5,13-14,26H,6-11H2,1H3,(H2,22,28)/t14-/m1/s1. The highest BCUT2D eigenvalue weighted by Crippen LogP contribution is 2.37. The lowest BCUT2D eigenvalue weighted by Gasteiger charge is -2.32. The van der Waals surface area contributed by atoms with Crippen molar-refractivity contribution in [2.24, 2.45) is 11.7 Å². The summed E-state index contributed by atoms with van der Waals surface area (Å²) in [7, 11) is 0. The van der Waals surface area contributed by atoms with Gasteiger partial charge in [0.15, 0.2) is 5.78 Å². The number of phenolic OH excluding ortho intramolecular Hbond substituents is 1. The second kappa shape index (κ2) is 7.22. The van der Waals surface area contributed by atoms with E-state index in [0.717, 1.165) is 11.3 Å². The molecule has 2 aliphatic rings. The Morgan fingerprint density at radius 3 is 2.57 bits per heavy atom. The number of fused-ring (bicyclic) bond motifs is 1. The molecule has 1 aliphatic heterocycles. The van der Waals surface area contributed by atoms with Crippen LogP contribution in [0.5, 0.6) is 5.75 Å². The number of phenols is 1. The van der Waals surface area contributed by atoms with Crippen LogP contribution in [0, 0.1) is 12.8 Å². The van der Waals surface area contributed by atoms with E-state index in [9.17, 15) is 14.7 Å². The van der Waals surface area contributed by atoms with Gasteiger partial charge in [-0.25, -0.2) is 9.97 Å². The fourth-order valence-electron chi connectivity index (χ4n) is 4.32. The quantitative estimate of drug-likeness (QED) is 0.844. The molecule has 0 saturated carbocycles. The minimum atomic E-state index is -0.252. The molecule has 146 valence electrons. The van der Waals surface area contributed by atoms with Crippen molar-refractivity contribution in [2.45, 2.75) is 38.5 Å². The van der Waals surface area contributed by atoms with Gasteiger partial charge in [-0.15, -0.1) is 0 Å². The van der Waals surface area contributed by atoms with Crippen molar-refractivity contribution in [3.05, 3.63) is 46.8 Å². The highest BCUT2D eigenvalue weighted by Gasteiger charge is 2.32. The zero-order valence-corrected chi connectivity index (χ0v) is 15.9. The zero-order chi connectivity index (χ0) is 19.8. The van der Waals surface area contributed by atoms with Gasteiger partial charge >= 0.3 is 0 Å². The predicted molar refractivity (Wildman–Crippen MR) is 104 cm³/mol. The molecule has 1 fully saturated rings. The number of benzene rings is 1. The van der Waals surface area contributed by atoms with E-state index in [-0.39, 0.29) is 29.3 Å². The van der Waals surface area contributed by atoms with Crippen LogP contribution in [-0.2, 0) is 11.2 Å². The Kier molecular flexibility index (Phi) is 4.75. The third-order valence-corrected chi connectivity index (χ3v) is 5.86. The Morgan fingerprint density at radius 1 is 1.18 bits per heavy atom. The molecule has 0 spiro atoms. The van der Waals surface area contributed by atoms with E-state index in [1.54, 1.807) is 12.1 Å². The van der Waals surface area contributed by atoms with Gasteiger partial charge in [0, 0.05) is 31.3 Å². The van der Waals surface area contributed by atoms with Crippen molar-refractivity contribution in [1.82, 2.24) is 9.97 Å². The molecule has 2 aromatic rings. The summed E-state index contributed by atoms with van der Waals surface area (Å²) in [5.74, 6) is 0.392. The van der Waals surface area contributed by atoms with Gasteiger partial charge in [0.05, 0.1) is 17.0 Å². The number of nitrogens with zero attached hydrogens (tertiary/aromatic N) is 3. The molecule has 1 aromatic carbocycles. The molecule has 1 amide bonds. The fraction of sp³-hybridized carbons (Fsp3) is 0.429. The van der Waals surface area contributed by atoms with Crippen LogP contribution < -0.4 is 10.6 Å². The number of aromatic hydroxyl groups is 1. The average Bonchev–Trinajstić information content (AvgIpc) is 2.67. The van der Waals surface area contributed by atoms with E-state index in [1.807, 2.05) is 19.1 Å². The first-order chi connectivity index (χ1) is 13.4. The lowest BCUT2D eigenvalue weighted by Crippen LogP contribution is -2.39. The first-order valence-electron chi connectivity index (χ1n) is 9.67. The molecule has 1 atom stereocenters. The van der Waals surface area contributed by atoms with Crippen LogP contribution in [0.4, 0.5) is 5.95 Å². The molecule has 3 N–H and O–H groups in total. The fourth-order valence-corrected chi connectivity index (χ4v) is 4.32. The lowest BCUT2D eigenvalue weighted by atomic mass is 9.81. The van der Waals surface area contributed by atoms with E-state index in [0.29, 0.717) is 56.0 Å². The topological polar surface area (TPSA) is 109 Å². The van der Waals surface area contributed by atoms with Gasteiger partial charge in [-0.1, -0.05) is 18.2 Å². The molecule has 0 unspecified atom stereocenters. The number of hydrogen-bond donors (Lipinski definition) is 2. The van der Waals surface area contributed by atoms with Crippen LogP contribution in [-0.4, -0.2) is 39.9 Å². The van der Waals surface area contributed by atoms with Gasteiger partial charge in [-0.3, -0.25) is 9.59 Å². The van der Waals surface area contributed by atoms with Crippen molar-refractivity contribution in [3.63, 3.8) is 0 Å². The number of ketones is 1. The molecule has 7 heteroatoms. The van der Waals surface area contributed by atoms with Crippen LogP contribution in [0.2, 0.25) is 0 Å². The van der Waals surface area contributed by atoms with Crippen molar-refractivity contribution in [3.8, 4) is 5.75 Å². The Hall–Kier alpha value is -2.96. The van der Waals surface area contributed by atoms with Gasteiger partial charge in [-0.05, 0) is 37.8 Å². The molecular weight excluding hydrogens is 356 g/mol. The van der Waals surface area contributed by atoms with E-state index in [4.69, 9.17) is 10.7 Å². The molecule has 7 nitrogen and oxygen atoms in total. The number of hydrogen-bond acceptors (Lipinski definition) is 6. The highest BCUT2D eigenvalue weighted by molar-refractivity contribution is 5.99. The summed E-state index contributed by atoms with van der Waals surface area (Å²) >= 11 is 0. The number of primary amides is 1. The molecule has 0 radical (unpaired) electrons. The van der Waals surface area contributed by atoms with Crippen LogP contribution >= 0.6 is 0 Å². The van der Waals surface area contributed by atoms with Crippen molar-refractivity contribution >= 4 is 17.6 Å². The number of amides is 1. The van der Waals surface area contributed by atoms with Gasteiger partial charge in [0.2, 0.25) is 11.9 Å². The summed E-state index contributed by atoms with van der Waals surface area (Å²) in [5.41, 5.74) is 8.24. The monoisotopic (exact) mass is 380 g/mol. The average molecular weight is 380 g/mol. The van der Waals surface area contributed by atoms with Crippen molar-refractivity contribution in [1.29, 1.82) is 0 Å². The normalized spacial score (nSPS) is 20.1. The van der Waals surface area contributed by atoms with Gasteiger partial charge in [-0.2, -0.15) is 0 Å². The largest absolute Gasteiger partial charge is 0.508 e. The second-order valence-corrected chi connectivity index (χ2v) is 7.68. The molecule has 1 aromatic heterocycles. The summed E-state index contributed by atoms with van der Waals surface area (Å²) in [5, 5.41) is 10.2. The summed E-state index contributed by atoms with van der Waals surface area (Å²) in [6.07, 6.45) is 2.31. The van der Waals surface area contributed by atoms with Crippen molar-refractivity contribution in [2.75, 3.05) is 18.0 Å². The maximum Gasteiger partial charge on any atom is 0.225 e. The number of piperidine rings is 1. The Bertz CT molecular complexity index is 935. The van der Waals surface area contributed by atoms with Crippen LogP contribution in [0.1, 0.15) is 52.5 Å².